The molecule has 0 fully saturated rings. The molecule has 0 bridgehead atoms. The number of rotatable bonds is 6. The van der Waals surface area contributed by atoms with Crippen LogP contribution in [0, 0.1) is 0 Å². The van der Waals surface area contributed by atoms with Crippen molar-refractivity contribution in [2.75, 3.05) is 13.2 Å². The second kappa shape index (κ2) is 8.45. The van der Waals surface area contributed by atoms with Crippen LogP contribution in [0.2, 0.25) is 0 Å². The number of aliphatic hydroxyl groups excluding tert-OH is 2. The maximum absolute atomic E-state index is 12.3. The Balaban J connectivity index is 1.18. The van der Waals surface area contributed by atoms with E-state index in [-0.39, 0.29) is 19.1 Å². The van der Waals surface area contributed by atoms with Crippen molar-refractivity contribution < 1.29 is 19.7 Å². The van der Waals surface area contributed by atoms with Crippen molar-refractivity contribution in [3.8, 4) is 11.1 Å². The number of nitrogens with zero attached hydrogens (tertiary/aromatic N) is 1. The van der Waals surface area contributed by atoms with Crippen molar-refractivity contribution in [2.24, 2.45) is 0 Å². The van der Waals surface area contributed by atoms with E-state index >= 15 is 0 Å². The number of ether oxygens (including phenoxy) is 1. The lowest BCUT2D eigenvalue weighted by Crippen LogP contribution is -2.36. The first-order valence-electron chi connectivity index (χ1n) is 10.5. The zero-order valence-electron chi connectivity index (χ0n) is 17.2. The van der Waals surface area contributed by atoms with Crippen molar-refractivity contribution in [1.82, 2.24) is 15.5 Å². The number of amides is 1. The van der Waals surface area contributed by atoms with Gasteiger partial charge in [0.1, 0.15) is 18.8 Å². The molecule has 1 aromatic heterocycles. The van der Waals surface area contributed by atoms with Crippen LogP contribution in [0.15, 0.2) is 72.9 Å². The van der Waals surface area contributed by atoms with Crippen molar-refractivity contribution in [1.29, 1.82) is 0 Å². The Bertz CT molecular complexity index is 1220. The van der Waals surface area contributed by atoms with Crippen LogP contribution in [-0.4, -0.2) is 45.8 Å². The van der Waals surface area contributed by atoms with Crippen LogP contribution < -0.4 is 5.32 Å². The zero-order chi connectivity index (χ0) is 22.1. The first-order chi connectivity index (χ1) is 15.6. The number of benzene rings is 3. The maximum Gasteiger partial charge on any atom is 0.407 e. The van der Waals surface area contributed by atoms with Gasteiger partial charge in [0.15, 0.2) is 0 Å². The first-order valence-corrected chi connectivity index (χ1v) is 10.5. The molecule has 0 saturated heterocycles. The molecule has 0 radical (unpaired) electrons. The summed E-state index contributed by atoms with van der Waals surface area (Å²) in [6.07, 6.45) is -1.30. The topological polar surface area (TPSA) is 107 Å². The summed E-state index contributed by atoms with van der Waals surface area (Å²) < 4.78 is 5.47. The quantitative estimate of drug-likeness (QED) is 0.375. The SMILES string of the molecule is O=C(NCC(O)C(O)c1ccc2cn[nH]c2c1)OCC1c2ccccc2-c2ccccc21. The van der Waals surface area contributed by atoms with Gasteiger partial charge in [0, 0.05) is 17.8 Å². The molecule has 7 heteroatoms. The summed E-state index contributed by atoms with van der Waals surface area (Å²) in [5, 5.41) is 31.0. The molecule has 5 rings (SSSR count). The van der Waals surface area contributed by atoms with Gasteiger partial charge in [-0.3, -0.25) is 5.10 Å². The Kier molecular flexibility index (Phi) is 5.34. The number of alkyl carbamates (subject to hydrolysis) is 1. The Hall–Kier alpha value is -3.68. The maximum atomic E-state index is 12.3. The molecule has 1 heterocycles. The Morgan fingerprint density at radius 2 is 1.72 bits per heavy atom. The fraction of sp³-hybridized carbons (Fsp3) is 0.200. The average molecular weight is 429 g/mol. The highest BCUT2D eigenvalue weighted by atomic mass is 16.5. The van der Waals surface area contributed by atoms with Gasteiger partial charge in [-0.2, -0.15) is 5.10 Å². The van der Waals surface area contributed by atoms with Crippen molar-refractivity contribution in [2.45, 2.75) is 18.1 Å². The van der Waals surface area contributed by atoms with Crippen LogP contribution in [0.25, 0.3) is 22.0 Å². The van der Waals surface area contributed by atoms with Crippen LogP contribution in [0.1, 0.15) is 28.7 Å². The van der Waals surface area contributed by atoms with Crippen LogP contribution in [0.4, 0.5) is 4.79 Å². The van der Waals surface area contributed by atoms with Gasteiger partial charge in [-0.05, 0) is 33.9 Å². The van der Waals surface area contributed by atoms with Crippen LogP contribution in [0.3, 0.4) is 0 Å². The van der Waals surface area contributed by atoms with Crippen LogP contribution in [-0.2, 0) is 4.74 Å². The molecule has 0 spiro atoms. The predicted molar refractivity (Wildman–Crippen MR) is 120 cm³/mol. The van der Waals surface area contributed by atoms with Gasteiger partial charge in [-0.25, -0.2) is 4.79 Å². The van der Waals surface area contributed by atoms with Gasteiger partial charge in [0.05, 0.1) is 11.7 Å². The molecule has 1 amide bonds. The van der Waals surface area contributed by atoms with Crippen LogP contribution >= 0.6 is 0 Å². The normalized spacial score (nSPS) is 14.6. The number of hydrogen-bond donors (Lipinski definition) is 4. The van der Waals surface area contributed by atoms with Gasteiger partial charge in [-0.15, -0.1) is 0 Å². The highest BCUT2D eigenvalue weighted by Gasteiger charge is 2.29. The van der Waals surface area contributed by atoms with Crippen molar-refractivity contribution in [3.63, 3.8) is 0 Å². The van der Waals surface area contributed by atoms with E-state index in [0.717, 1.165) is 33.2 Å². The third kappa shape index (κ3) is 3.72. The standard InChI is InChI=1S/C25H23N3O4/c29-23(24(30)15-9-10-16-12-27-28-22(16)11-15)13-26-25(31)32-14-21-19-7-3-1-5-17(19)18-6-2-4-8-20(18)21/h1-12,21,23-24,29-30H,13-14H2,(H,26,31)(H,27,28). The van der Waals surface area contributed by atoms with Crippen LogP contribution in [0.5, 0.6) is 0 Å². The molecule has 0 aliphatic heterocycles. The number of nitrogens with one attached hydrogen (secondary N) is 2. The summed E-state index contributed by atoms with van der Waals surface area (Å²) in [6, 6.07) is 21.5. The molecule has 1 aliphatic carbocycles. The predicted octanol–water partition coefficient (Wildman–Crippen LogP) is 3.50. The monoisotopic (exact) mass is 429 g/mol. The number of aromatic amines is 1. The molecule has 4 N–H and O–H groups in total. The van der Waals surface area contributed by atoms with Gasteiger partial charge < -0.3 is 20.3 Å². The minimum atomic E-state index is -1.18. The first kappa shape index (κ1) is 20.2. The number of fused-ring (bicyclic) bond motifs is 4. The number of carbonyl (C=O) groups is 1. The minimum absolute atomic E-state index is 0.0372. The molecule has 162 valence electrons. The van der Waals surface area contributed by atoms with Crippen molar-refractivity contribution in [3.05, 3.63) is 89.6 Å². The van der Waals surface area contributed by atoms with E-state index < -0.39 is 18.3 Å². The Morgan fingerprint density at radius 1 is 1.03 bits per heavy atom. The van der Waals surface area contributed by atoms with Gasteiger partial charge in [-0.1, -0.05) is 60.7 Å². The molecule has 2 atom stereocenters. The summed E-state index contributed by atoms with van der Waals surface area (Å²) in [4.78, 5) is 12.3. The molecule has 4 aromatic rings. The molecule has 7 nitrogen and oxygen atoms in total. The van der Waals surface area contributed by atoms with Crippen molar-refractivity contribution >= 4 is 17.0 Å². The van der Waals surface area contributed by atoms with E-state index in [1.165, 1.54) is 0 Å². The van der Waals surface area contributed by atoms with E-state index in [4.69, 9.17) is 4.74 Å². The van der Waals surface area contributed by atoms with E-state index in [1.807, 2.05) is 30.3 Å². The third-order valence-electron chi connectivity index (χ3n) is 5.97. The lowest BCUT2D eigenvalue weighted by Gasteiger charge is -2.19. The summed E-state index contributed by atoms with van der Waals surface area (Å²) in [6.45, 7) is 0.0495. The molecular formula is C25H23N3O4. The Morgan fingerprint density at radius 3 is 2.44 bits per heavy atom. The van der Waals surface area contributed by atoms with Gasteiger partial charge in [0.2, 0.25) is 0 Å². The lowest BCUT2D eigenvalue weighted by molar-refractivity contribution is 0.0186. The lowest BCUT2D eigenvalue weighted by atomic mass is 9.98. The number of carbonyl (C=O) groups excluding carboxylic acids is 1. The molecule has 32 heavy (non-hydrogen) atoms. The molecule has 3 aromatic carbocycles. The fourth-order valence-electron chi connectivity index (χ4n) is 4.31. The summed E-state index contributed by atoms with van der Waals surface area (Å²) in [5.41, 5.74) is 5.87. The number of aliphatic hydroxyl groups is 2. The van der Waals surface area contributed by atoms with Gasteiger partial charge >= 0.3 is 6.09 Å². The second-order valence-corrected chi connectivity index (χ2v) is 7.94. The number of aromatic nitrogens is 2. The third-order valence-corrected chi connectivity index (χ3v) is 5.97. The molecule has 0 saturated carbocycles. The average Bonchev–Trinajstić information content (AvgIpc) is 3.42. The molecule has 2 unspecified atom stereocenters. The highest BCUT2D eigenvalue weighted by molar-refractivity contribution is 5.79. The Labute approximate surface area is 184 Å². The molecule has 1 aliphatic rings. The smallest absolute Gasteiger partial charge is 0.407 e. The van der Waals surface area contributed by atoms with Gasteiger partial charge in [0.25, 0.3) is 0 Å². The second-order valence-electron chi connectivity index (χ2n) is 7.94. The fourth-order valence-corrected chi connectivity index (χ4v) is 4.31. The summed E-state index contributed by atoms with van der Waals surface area (Å²) >= 11 is 0. The van der Waals surface area contributed by atoms with E-state index in [1.54, 1.807) is 18.3 Å². The zero-order valence-corrected chi connectivity index (χ0v) is 17.2. The van der Waals surface area contributed by atoms with E-state index in [9.17, 15) is 15.0 Å². The molecular weight excluding hydrogens is 406 g/mol. The number of hydrogen-bond acceptors (Lipinski definition) is 5. The largest absolute Gasteiger partial charge is 0.449 e. The summed E-state index contributed by atoms with van der Waals surface area (Å²) in [5.74, 6) is -0.0372. The number of H-pyrrole nitrogens is 1. The van der Waals surface area contributed by atoms with E-state index in [2.05, 4.69) is 39.8 Å². The highest BCUT2D eigenvalue weighted by Crippen LogP contribution is 2.44. The summed E-state index contributed by atoms with van der Waals surface area (Å²) in [7, 11) is 0. The minimum Gasteiger partial charge on any atom is -0.449 e. The van der Waals surface area contributed by atoms with E-state index in [0.29, 0.717) is 5.56 Å².